The van der Waals surface area contributed by atoms with Gasteiger partial charge in [0.2, 0.25) is 5.91 Å². The van der Waals surface area contributed by atoms with Gasteiger partial charge in [-0.2, -0.15) is 0 Å². The lowest BCUT2D eigenvalue weighted by Gasteiger charge is -2.35. The van der Waals surface area contributed by atoms with E-state index in [9.17, 15) is 9.59 Å². The lowest BCUT2D eigenvalue weighted by Crippen LogP contribution is -2.49. The lowest BCUT2D eigenvalue weighted by atomic mass is 10.1. The molecule has 0 aliphatic carbocycles. The van der Waals surface area contributed by atoms with Crippen molar-refractivity contribution in [2.24, 2.45) is 5.73 Å². The van der Waals surface area contributed by atoms with Crippen LogP contribution in [0.3, 0.4) is 0 Å². The molecule has 8 heteroatoms. The molecule has 0 atom stereocenters. The summed E-state index contributed by atoms with van der Waals surface area (Å²) in [7, 11) is 0. The second-order valence-corrected chi connectivity index (χ2v) is 6.46. The number of amides is 2. The average molecular weight is 404 g/mol. The largest absolute Gasteiger partial charge is 0.353 e. The summed E-state index contributed by atoms with van der Waals surface area (Å²) in [6, 6.07) is 13.0. The Morgan fingerprint density at radius 1 is 1.04 bits per heavy atom. The maximum Gasteiger partial charge on any atom is 0.251 e. The van der Waals surface area contributed by atoms with Crippen molar-refractivity contribution < 1.29 is 9.59 Å². The molecule has 3 N–H and O–H groups in total. The van der Waals surface area contributed by atoms with E-state index in [0.717, 1.165) is 24.5 Å². The van der Waals surface area contributed by atoms with Crippen molar-refractivity contribution in [1.82, 2.24) is 15.2 Å². The normalized spacial score (nSPS) is 13.6. The number of nitrogens with two attached hydrogens (primary N) is 1. The standard InChI is InChI=1S/C20H25N5O2.ClH/c21-15-16-4-6-17(7-5-16)20(27)23-10-8-19(26)25-13-11-24(12-14-25)18-3-1-2-9-22-18;/h1-7,9H,8,10-15,21H2,(H,23,27);1H. The van der Waals surface area contributed by atoms with Gasteiger partial charge < -0.3 is 20.9 Å². The molecule has 7 nitrogen and oxygen atoms in total. The highest BCUT2D eigenvalue weighted by Gasteiger charge is 2.21. The predicted octanol–water partition coefficient (Wildman–Crippen LogP) is 1.43. The molecule has 1 aliphatic rings. The fraction of sp³-hybridized carbons (Fsp3) is 0.350. The number of pyridine rings is 1. The number of halogens is 1. The van der Waals surface area contributed by atoms with E-state index in [2.05, 4.69) is 15.2 Å². The third-order valence-corrected chi connectivity index (χ3v) is 4.68. The van der Waals surface area contributed by atoms with E-state index in [-0.39, 0.29) is 24.2 Å². The quantitative estimate of drug-likeness (QED) is 0.761. The van der Waals surface area contributed by atoms with Gasteiger partial charge in [-0.05, 0) is 29.8 Å². The molecule has 0 radical (unpaired) electrons. The number of nitrogens with zero attached hydrogens (tertiary/aromatic N) is 3. The van der Waals surface area contributed by atoms with Crippen LogP contribution in [-0.4, -0.2) is 54.4 Å². The molecule has 1 aliphatic heterocycles. The van der Waals surface area contributed by atoms with Crippen molar-refractivity contribution in [3.05, 3.63) is 59.8 Å². The third kappa shape index (κ3) is 5.68. The van der Waals surface area contributed by atoms with Gasteiger partial charge in [-0.25, -0.2) is 4.98 Å². The second-order valence-electron chi connectivity index (χ2n) is 6.46. The van der Waals surface area contributed by atoms with Crippen LogP contribution < -0.4 is 16.0 Å². The van der Waals surface area contributed by atoms with Gasteiger partial charge in [0.15, 0.2) is 0 Å². The number of hydrogen-bond donors (Lipinski definition) is 2. The van der Waals surface area contributed by atoms with Gasteiger partial charge in [-0.3, -0.25) is 9.59 Å². The molecule has 3 rings (SSSR count). The second kappa shape index (κ2) is 10.6. The number of anilines is 1. The topological polar surface area (TPSA) is 91.6 Å². The van der Waals surface area contributed by atoms with Gasteiger partial charge in [-0.15, -0.1) is 12.4 Å². The number of carbonyl (C=O) groups is 2. The first-order chi connectivity index (χ1) is 13.2. The summed E-state index contributed by atoms with van der Waals surface area (Å²) in [6.07, 6.45) is 2.08. The van der Waals surface area contributed by atoms with E-state index >= 15 is 0 Å². The molecular formula is C20H26ClN5O2. The number of rotatable bonds is 6. The summed E-state index contributed by atoms with van der Waals surface area (Å²) in [4.78, 5) is 32.9. The highest BCUT2D eigenvalue weighted by molar-refractivity contribution is 5.94. The van der Waals surface area contributed by atoms with Crippen LogP contribution >= 0.6 is 12.4 Å². The van der Waals surface area contributed by atoms with E-state index in [1.165, 1.54) is 0 Å². The fourth-order valence-corrected chi connectivity index (χ4v) is 3.06. The Morgan fingerprint density at radius 3 is 2.36 bits per heavy atom. The minimum Gasteiger partial charge on any atom is -0.353 e. The smallest absolute Gasteiger partial charge is 0.251 e. The molecule has 0 saturated carbocycles. The van der Waals surface area contributed by atoms with Gasteiger partial charge >= 0.3 is 0 Å². The summed E-state index contributed by atoms with van der Waals surface area (Å²) in [5.41, 5.74) is 7.10. The van der Waals surface area contributed by atoms with Crippen LogP contribution in [0.5, 0.6) is 0 Å². The van der Waals surface area contributed by atoms with Crippen molar-refractivity contribution >= 4 is 30.0 Å². The van der Waals surface area contributed by atoms with Crippen LogP contribution in [0.1, 0.15) is 22.3 Å². The highest BCUT2D eigenvalue weighted by atomic mass is 35.5. The molecule has 0 bridgehead atoms. The van der Waals surface area contributed by atoms with E-state index < -0.39 is 0 Å². The zero-order valence-corrected chi connectivity index (χ0v) is 16.5. The van der Waals surface area contributed by atoms with Gasteiger partial charge in [0.1, 0.15) is 5.82 Å². The van der Waals surface area contributed by atoms with Crippen molar-refractivity contribution in [3.8, 4) is 0 Å². The number of piperazine rings is 1. The molecule has 2 amide bonds. The Labute approximate surface area is 171 Å². The molecule has 1 aromatic carbocycles. The minimum absolute atomic E-state index is 0. The van der Waals surface area contributed by atoms with Crippen molar-refractivity contribution in [3.63, 3.8) is 0 Å². The maximum atomic E-state index is 12.4. The fourth-order valence-electron chi connectivity index (χ4n) is 3.06. The summed E-state index contributed by atoms with van der Waals surface area (Å²) < 4.78 is 0. The summed E-state index contributed by atoms with van der Waals surface area (Å²) >= 11 is 0. The number of hydrogen-bond acceptors (Lipinski definition) is 5. The van der Waals surface area contributed by atoms with Gasteiger partial charge in [0, 0.05) is 57.4 Å². The number of benzene rings is 1. The van der Waals surface area contributed by atoms with Crippen LogP contribution in [0.4, 0.5) is 5.82 Å². The summed E-state index contributed by atoms with van der Waals surface area (Å²) in [5.74, 6) is 0.832. The Bertz CT molecular complexity index is 762. The van der Waals surface area contributed by atoms with Crippen LogP contribution in [0, 0.1) is 0 Å². The highest BCUT2D eigenvalue weighted by Crippen LogP contribution is 2.13. The van der Waals surface area contributed by atoms with Gasteiger partial charge in [0.05, 0.1) is 0 Å². The van der Waals surface area contributed by atoms with Crippen LogP contribution in [0.25, 0.3) is 0 Å². The van der Waals surface area contributed by atoms with E-state index in [0.29, 0.717) is 38.2 Å². The van der Waals surface area contributed by atoms with Crippen molar-refractivity contribution in [2.45, 2.75) is 13.0 Å². The number of aromatic nitrogens is 1. The van der Waals surface area contributed by atoms with E-state index in [4.69, 9.17) is 5.73 Å². The molecule has 1 aromatic heterocycles. The van der Waals surface area contributed by atoms with Crippen LogP contribution in [0.15, 0.2) is 48.7 Å². The monoisotopic (exact) mass is 403 g/mol. The number of carbonyl (C=O) groups excluding carboxylic acids is 2. The molecule has 1 saturated heterocycles. The first kappa shape index (κ1) is 21.7. The summed E-state index contributed by atoms with van der Waals surface area (Å²) in [6.45, 7) is 3.65. The molecule has 2 aromatic rings. The van der Waals surface area contributed by atoms with E-state index in [1.54, 1.807) is 18.3 Å². The average Bonchev–Trinajstić information content (AvgIpc) is 2.74. The predicted molar refractivity (Wildman–Crippen MR) is 112 cm³/mol. The Balaban J connectivity index is 0.00000280. The zero-order chi connectivity index (χ0) is 19.1. The zero-order valence-electron chi connectivity index (χ0n) is 15.7. The van der Waals surface area contributed by atoms with Gasteiger partial charge in [-0.1, -0.05) is 18.2 Å². The molecule has 0 spiro atoms. The lowest BCUT2D eigenvalue weighted by molar-refractivity contribution is -0.131. The third-order valence-electron chi connectivity index (χ3n) is 4.68. The molecule has 0 unspecified atom stereocenters. The Hall–Kier alpha value is -2.64. The first-order valence-electron chi connectivity index (χ1n) is 9.18. The van der Waals surface area contributed by atoms with Crippen LogP contribution in [0.2, 0.25) is 0 Å². The van der Waals surface area contributed by atoms with E-state index in [1.807, 2.05) is 35.2 Å². The Kier molecular flexibility index (Phi) is 8.22. The minimum atomic E-state index is -0.175. The van der Waals surface area contributed by atoms with Gasteiger partial charge in [0.25, 0.3) is 5.91 Å². The SMILES string of the molecule is Cl.NCc1ccc(C(=O)NCCC(=O)N2CCN(c3ccccn3)CC2)cc1. The number of nitrogens with one attached hydrogen (secondary N) is 1. The molecule has 28 heavy (non-hydrogen) atoms. The molecule has 2 heterocycles. The van der Waals surface area contributed by atoms with Crippen molar-refractivity contribution in [2.75, 3.05) is 37.6 Å². The maximum absolute atomic E-state index is 12.4. The van der Waals surface area contributed by atoms with Crippen LogP contribution in [-0.2, 0) is 11.3 Å². The Morgan fingerprint density at radius 2 is 1.75 bits per heavy atom. The molecule has 150 valence electrons. The first-order valence-corrected chi connectivity index (χ1v) is 9.18. The summed E-state index contributed by atoms with van der Waals surface area (Å²) in [5, 5.41) is 2.80. The van der Waals surface area contributed by atoms with Crippen molar-refractivity contribution in [1.29, 1.82) is 0 Å². The molecule has 1 fully saturated rings. The molecular weight excluding hydrogens is 378 g/mol.